The molecule has 0 atom stereocenters. The molecule has 1 aliphatic rings. The van der Waals surface area contributed by atoms with Crippen LogP contribution in [0.15, 0.2) is 29.3 Å². The molecule has 1 fully saturated rings. The summed E-state index contributed by atoms with van der Waals surface area (Å²) in [6, 6.07) is 8.05. The summed E-state index contributed by atoms with van der Waals surface area (Å²) in [6.07, 6.45) is 0. The molecule has 3 N–H and O–H groups in total. The Bertz CT molecular complexity index is 460. The lowest BCUT2D eigenvalue weighted by Crippen LogP contribution is -2.49. The molecule has 0 aromatic heterocycles. The fraction of sp³-hybridized carbons (Fsp3) is 0.500. The normalized spacial score (nSPS) is 16.5. The average Bonchev–Trinajstić information content (AvgIpc) is 2.48. The Labute approximate surface area is 148 Å². The molecule has 0 bridgehead atoms. The quantitative estimate of drug-likeness (QED) is 0.439. The van der Waals surface area contributed by atoms with Crippen LogP contribution < -0.4 is 16.0 Å². The zero-order valence-electron chi connectivity index (χ0n) is 12.3. The number of rotatable bonds is 4. The van der Waals surface area contributed by atoms with E-state index in [2.05, 4.69) is 26.2 Å². The first-order valence-electron chi connectivity index (χ1n) is 6.88. The van der Waals surface area contributed by atoms with E-state index in [-0.39, 0.29) is 24.0 Å². The third-order valence-corrected chi connectivity index (χ3v) is 3.76. The molecule has 1 saturated heterocycles. The molecule has 1 heterocycles. The minimum Gasteiger partial charge on any atom is -0.370 e. The Morgan fingerprint density at radius 2 is 2.05 bits per heavy atom. The van der Waals surface area contributed by atoms with Gasteiger partial charge in [0.05, 0.1) is 0 Å². The second-order valence-corrected chi connectivity index (χ2v) is 5.28. The maximum atomic E-state index is 6.04. The zero-order chi connectivity index (χ0) is 14.4. The first-order valence-corrected chi connectivity index (χ1v) is 7.26. The van der Waals surface area contributed by atoms with Crippen molar-refractivity contribution in [1.82, 2.24) is 10.2 Å². The largest absolute Gasteiger partial charge is 0.370 e. The Morgan fingerprint density at radius 1 is 1.33 bits per heavy atom. The summed E-state index contributed by atoms with van der Waals surface area (Å²) in [7, 11) is 1.69. The van der Waals surface area contributed by atoms with Crippen molar-refractivity contribution in [2.45, 2.75) is 0 Å². The molecule has 0 radical (unpaired) electrons. The van der Waals surface area contributed by atoms with Crippen molar-refractivity contribution in [1.29, 1.82) is 0 Å². The van der Waals surface area contributed by atoms with Gasteiger partial charge in [-0.05, 0) is 18.2 Å². The Hall–Kier alpha value is -0.730. The molecule has 1 aromatic rings. The maximum absolute atomic E-state index is 6.04. The number of nitrogens with one attached hydrogen (secondary N) is 1. The van der Waals surface area contributed by atoms with Crippen molar-refractivity contribution in [2.75, 3.05) is 51.2 Å². The molecule has 0 aliphatic carbocycles. The minimum absolute atomic E-state index is 0. The first-order chi connectivity index (χ1) is 9.69. The molecule has 0 spiro atoms. The van der Waals surface area contributed by atoms with Gasteiger partial charge in [0.1, 0.15) is 0 Å². The molecule has 7 heteroatoms. The number of hydrogen-bond acceptors (Lipinski definition) is 3. The van der Waals surface area contributed by atoms with E-state index in [1.54, 1.807) is 7.05 Å². The van der Waals surface area contributed by atoms with Gasteiger partial charge in [0.2, 0.25) is 0 Å². The fourth-order valence-electron chi connectivity index (χ4n) is 2.32. The van der Waals surface area contributed by atoms with Gasteiger partial charge in [0.25, 0.3) is 0 Å². The van der Waals surface area contributed by atoms with Crippen LogP contribution in [0.5, 0.6) is 0 Å². The lowest BCUT2D eigenvalue weighted by Gasteiger charge is -2.36. The summed E-state index contributed by atoms with van der Waals surface area (Å²) in [5.74, 6) is 0.502. The van der Waals surface area contributed by atoms with Crippen LogP contribution in [-0.4, -0.2) is 57.2 Å². The summed E-state index contributed by atoms with van der Waals surface area (Å²) in [5, 5.41) is 3.88. The van der Waals surface area contributed by atoms with Crippen LogP contribution in [0.4, 0.5) is 5.69 Å². The zero-order valence-corrected chi connectivity index (χ0v) is 15.3. The van der Waals surface area contributed by atoms with Crippen LogP contribution in [0.2, 0.25) is 5.02 Å². The Balaban J connectivity index is 0.00000220. The van der Waals surface area contributed by atoms with Crippen LogP contribution in [0.1, 0.15) is 0 Å². The lowest BCUT2D eigenvalue weighted by molar-refractivity contribution is 0.262. The SMILES string of the molecule is CN=C(N)NCCN1CCN(c2cccc(Cl)c2)CC1.I. The predicted molar refractivity (Wildman–Crippen MR) is 101 cm³/mol. The average molecular weight is 424 g/mol. The van der Waals surface area contributed by atoms with Crippen molar-refractivity contribution in [3.05, 3.63) is 29.3 Å². The van der Waals surface area contributed by atoms with E-state index in [1.165, 1.54) is 5.69 Å². The maximum Gasteiger partial charge on any atom is 0.188 e. The van der Waals surface area contributed by atoms with E-state index < -0.39 is 0 Å². The van der Waals surface area contributed by atoms with Crippen molar-refractivity contribution in [3.63, 3.8) is 0 Å². The van der Waals surface area contributed by atoms with Gasteiger partial charge >= 0.3 is 0 Å². The van der Waals surface area contributed by atoms with Crippen LogP contribution >= 0.6 is 35.6 Å². The second kappa shape index (κ2) is 9.32. The third-order valence-electron chi connectivity index (χ3n) is 3.52. The van der Waals surface area contributed by atoms with Crippen LogP contribution in [0.25, 0.3) is 0 Å². The first kappa shape index (κ1) is 18.3. The van der Waals surface area contributed by atoms with Gasteiger partial charge in [-0.1, -0.05) is 17.7 Å². The van der Waals surface area contributed by atoms with Crippen LogP contribution in [0, 0.1) is 0 Å². The van der Waals surface area contributed by atoms with Crippen LogP contribution in [0.3, 0.4) is 0 Å². The number of halogens is 2. The Morgan fingerprint density at radius 3 is 2.67 bits per heavy atom. The smallest absolute Gasteiger partial charge is 0.188 e. The highest BCUT2D eigenvalue weighted by Gasteiger charge is 2.16. The van der Waals surface area contributed by atoms with Crippen LogP contribution in [-0.2, 0) is 0 Å². The van der Waals surface area contributed by atoms with E-state index in [1.807, 2.05) is 18.2 Å². The van der Waals surface area contributed by atoms with Crippen molar-refractivity contribution in [2.24, 2.45) is 10.7 Å². The molecular formula is C14H23ClIN5. The highest BCUT2D eigenvalue weighted by atomic mass is 127. The molecule has 1 aromatic carbocycles. The second-order valence-electron chi connectivity index (χ2n) is 4.84. The van der Waals surface area contributed by atoms with Gasteiger partial charge < -0.3 is 16.0 Å². The van der Waals surface area contributed by atoms with Crippen molar-refractivity contribution in [3.8, 4) is 0 Å². The van der Waals surface area contributed by atoms with E-state index in [9.17, 15) is 0 Å². The number of hydrogen-bond donors (Lipinski definition) is 2. The molecule has 0 saturated carbocycles. The van der Waals surface area contributed by atoms with E-state index in [0.717, 1.165) is 44.3 Å². The number of benzene rings is 1. The molecule has 5 nitrogen and oxygen atoms in total. The van der Waals surface area contributed by atoms with Crippen molar-refractivity contribution < 1.29 is 0 Å². The molecule has 1 aliphatic heterocycles. The molecule has 0 amide bonds. The van der Waals surface area contributed by atoms with Gasteiger partial charge in [-0.3, -0.25) is 9.89 Å². The summed E-state index contributed by atoms with van der Waals surface area (Å²) >= 11 is 6.04. The fourth-order valence-corrected chi connectivity index (χ4v) is 2.51. The van der Waals surface area contributed by atoms with E-state index in [4.69, 9.17) is 17.3 Å². The number of anilines is 1. The van der Waals surface area contributed by atoms with Gasteiger partial charge in [-0.15, -0.1) is 24.0 Å². The molecular weight excluding hydrogens is 401 g/mol. The third kappa shape index (κ3) is 5.88. The number of nitrogens with zero attached hydrogens (tertiary/aromatic N) is 3. The summed E-state index contributed by atoms with van der Waals surface area (Å²) in [6.45, 7) is 5.98. The summed E-state index contributed by atoms with van der Waals surface area (Å²) in [4.78, 5) is 8.68. The standard InChI is InChI=1S/C14H22ClN5.HI/c1-17-14(16)18-5-6-19-7-9-20(10-8-19)13-4-2-3-12(15)11-13;/h2-4,11H,5-10H2,1H3,(H3,16,17,18);1H. The van der Waals surface area contributed by atoms with Gasteiger partial charge in [-0.25, -0.2) is 0 Å². The Kier molecular flexibility index (Phi) is 8.13. The molecule has 0 unspecified atom stereocenters. The highest BCUT2D eigenvalue weighted by Crippen LogP contribution is 2.20. The number of nitrogens with two attached hydrogens (primary N) is 1. The number of guanidine groups is 1. The molecule has 2 rings (SSSR count). The number of aliphatic imine (C=N–C) groups is 1. The number of piperazine rings is 1. The van der Waals surface area contributed by atoms with E-state index >= 15 is 0 Å². The van der Waals surface area contributed by atoms with Gasteiger partial charge in [0.15, 0.2) is 5.96 Å². The monoisotopic (exact) mass is 423 g/mol. The lowest BCUT2D eigenvalue weighted by atomic mass is 10.2. The highest BCUT2D eigenvalue weighted by molar-refractivity contribution is 14.0. The van der Waals surface area contributed by atoms with Gasteiger partial charge in [-0.2, -0.15) is 0 Å². The topological polar surface area (TPSA) is 56.9 Å². The minimum atomic E-state index is 0. The summed E-state index contributed by atoms with van der Waals surface area (Å²) < 4.78 is 0. The van der Waals surface area contributed by atoms with Gasteiger partial charge in [0, 0.05) is 57.0 Å². The van der Waals surface area contributed by atoms with Crippen molar-refractivity contribution >= 4 is 47.2 Å². The summed E-state index contributed by atoms with van der Waals surface area (Å²) in [5.41, 5.74) is 6.81. The predicted octanol–water partition coefficient (Wildman–Crippen LogP) is 1.61. The van der Waals surface area contributed by atoms with E-state index in [0.29, 0.717) is 5.96 Å². The molecule has 118 valence electrons. The molecule has 21 heavy (non-hydrogen) atoms.